The van der Waals surface area contributed by atoms with Crippen LogP contribution in [0.3, 0.4) is 0 Å². The van der Waals surface area contributed by atoms with Crippen molar-refractivity contribution >= 4 is 16.3 Å². The Kier molecular flexibility index (Phi) is 3.02. The van der Waals surface area contributed by atoms with Crippen LogP contribution in [0.5, 0.6) is 0 Å². The summed E-state index contributed by atoms with van der Waals surface area (Å²) in [5.74, 6) is 2.01. The second-order valence-corrected chi connectivity index (χ2v) is 7.03. The van der Waals surface area contributed by atoms with Crippen molar-refractivity contribution in [1.29, 1.82) is 0 Å². The number of nitrogens with zero attached hydrogens (tertiary/aromatic N) is 2. The van der Waals surface area contributed by atoms with Gasteiger partial charge < -0.3 is 10.3 Å². The molecule has 0 unspecified atom stereocenters. The van der Waals surface area contributed by atoms with Gasteiger partial charge in [0.2, 0.25) is 0 Å². The van der Waals surface area contributed by atoms with E-state index < -0.39 is 0 Å². The number of anilines is 1. The fourth-order valence-electron chi connectivity index (χ4n) is 3.52. The molecule has 0 aliphatic heterocycles. The maximum Gasteiger partial charge on any atom is 0.261 e. The molecule has 1 fully saturated rings. The van der Waals surface area contributed by atoms with Gasteiger partial charge in [-0.25, -0.2) is 0 Å². The summed E-state index contributed by atoms with van der Waals surface area (Å²) in [4.78, 5) is 6.08. The van der Waals surface area contributed by atoms with Crippen molar-refractivity contribution in [3.8, 4) is 11.5 Å². The van der Waals surface area contributed by atoms with Crippen molar-refractivity contribution in [3.05, 3.63) is 16.3 Å². The van der Waals surface area contributed by atoms with Gasteiger partial charge in [0.15, 0.2) is 5.82 Å². The van der Waals surface area contributed by atoms with E-state index in [2.05, 4.69) is 10.1 Å². The van der Waals surface area contributed by atoms with Gasteiger partial charge >= 0.3 is 0 Å². The Bertz CT molecular complexity index is 625. The normalized spacial score (nSPS) is 19.4. The Morgan fingerprint density at radius 3 is 2.80 bits per heavy atom. The van der Waals surface area contributed by atoms with Gasteiger partial charge in [-0.15, -0.1) is 11.3 Å². The Labute approximate surface area is 122 Å². The number of aryl methyl sites for hydroxylation is 1. The van der Waals surface area contributed by atoms with E-state index in [0.29, 0.717) is 11.8 Å². The second-order valence-electron chi connectivity index (χ2n) is 5.89. The summed E-state index contributed by atoms with van der Waals surface area (Å²) in [7, 11) is 0. The number of rotatable bonds is 2. The summed E-state index contributed by atoms with van der Waals surface area (Å²) in [6.07, 6.45) is 9.75. The lowest BCUT2D eigenvalue weighted by molar-refractivity contribution is 0.385. The predicted molar refractivity (Wildman–Crippen MR) is 79.9 cm³/mol. The van der Waals surface area contributed by atoms with E-state index >= 15 is 0 Å². The van der Waals surface area contributed by atoms with Crippen LogP contribution < -0.4 is 5.73 Å². The predicted octanol–water partition coefficient (Wildman–Crippen LogP) is 3.92. The van der Waals surface area contributed by atoms with Gasteiger partial charge in [-0.3, -0.25) is 0 Å². The van der Waals surface area contributed by atoms with Crippen molar-refractivity contribution < 1.29 is 4.52 Å². The van der Waals surface area contributed by atoms with E-state index in [1.54, 1.807) is 11.3 Å². The molecule has 106 valence electrons. The third-order valence-electron chi connectivity index (χ3n) is 4.57. The lowest BCUT2D eigenvalue weighted by Gasteiger charge is -2.17. The first-order valence-electron chi connectivity index (χ1n) is 7.57. The molecule has 0 bridgehead atoms. The molecular weight excluding hydrogens is 270 g/mol. The summed E-state index contributed by atoms with van der Waals surface area (Å²) in [6, 6.07) is 0. The monoisotopic (exact) mass is 289 g/mol. The van der Waals surface area contributed by atoms with Crippen molar-refractivity contribution in [2.24, 2.45) is 0 Å². The fraction of sp³-hybridized carbons (Fsp3) is 0.600. The molecule has 0 spiro atoms. The Balaban J connectivity index is 1.68. The second kappa shape index (κ2) is 4.88. The Morgan fingerprint density at radius 1 is 1.10 bits per heavy atom. The van der Waals surface area contributed by atoms with Crippen molar-refractivity contribution in [2.45, 2.75) is 57.3 Å². The maximum atomic E-state index is 6.16. The average Bonchev–Trinajstić information content (AvgIpc) is 3.15. The van der Waals surface area contributed by atoms with Crippen LogP contribution in [0.1, 0.15) is 60.7 Å². The third kappa shape index (κ3) is 1.95. The number of hydrogen-bond acceptors (Lipinski definition) is 5. The van der Waals surface area contributed by atoms with Gasteiger partial charge in [-0.1, -0.05) is 24.4 Å². The standard InChI is InChI=1S/C15H19N3OS/c16-13-12(10-7-4-8-11(10)20-13)15-17-14(18-19-15)9-5-2-1-3-6-9/h9H,1-8,16H2. The molecule has 4 rings (SSSR count). The summed E-state index contributed by atoms with van der Waals surface area (Å²) in [5.41, 5.74) is 8.54. The molecule has 2 heterocycles. The van der Waals surface area contributed by atoms with Crippen molar-refractivity contribution in [3.63, 3.8) is 0 Å². The number of thiophene rings is 1. The molecule has 20 heavy (non-hydrogen) atoms. The van der Waals surface area contributed by atoms with Crippen molar-refractivity contribution in [2.75, 3.05) is 5.73 Å². The molecule has 0 atom stereocenters. The molecule has 2 aliphatic carbocycles. The first-order chi connectivity index (χ1) is 9.83. The van der Waals surface area contributed by atoms with E-state index in [-0.39, 0.29) is 0 Å². The molecule has 1 saturated carbocycles. The number of fused-ring (bicyclic) bond motifs is 1. The molecule has 0 saturated heterocycles. The van der Waals surface area contributed by atoms with Crippen LogP contribution >= 0.6 is 11.3 Å². The molecule has 2 N–H and O–H groups in total. The smallest absolute Gasteiger partial charge is 0.261 e. The van der Waals surface area contributed by atoms with Crippen LogP contribution in [0.4, 0.5) is 5.00 Å². The molecule has 0 amide bonds. The fourth-order valence-corrected chi connectivity index (χ4v) is 4.67. The quantitative estimate of drug-likeness (QED) is 0.910. The van der Waals surface area contributed by atoms with Crippen LogP contribution in [0, 0.1) is 0 Å². The number of nitrogens with two attached hydrogens (primary N) is 1. The van der Waals surface area contributed by atoms with E-state index in [4.69, 9.17) is 10.3 Å². The van der Waals surface area contributed by atoms with Gasteiger partial charge in [-0.05, 0) is 37.7 Å². The molecule has 2 aliphatic rings. The minimum atomic E-state index is 0.481. The summed E-state index contributed by atoms with van der Waals surface area (Å²) in [6.45, 7) is 0. The number of aromatic nitrogens is 2. The SMILES string of the molecule is Nc1sc2c(c1-c1nc(C3CCCCC3)no1)CCC2. The van der Waals surface area contributed by atoms with Gasteiger partial charge in [0, 0.05) is 10.8 Å². The first kappa shape index (κ1) is 12.4. The summed E-state index contributed by atoms with van der Waals surface area (Å²) in [5, 5.41) is 5.07. The largest absolute Gasteiger partial charge is 0.390 e. The highest BCUT2D eigenvalue weighted by Gasteiger charge is 2.27. The highest BCUT2D eigenvalue weighted by molar-refractivity contribution is 7.16. The lowest BCUT2D eigenvalue weighted by Crippen LogP contribution is -2.06. The highest BCUT2D eigenvalue weighted by Crippen LogP contribution is 2.43. The highest BCUT2D eigenvalue weighted by atomic mass is 32.1. The molecular formula is C15H19N3OS. The van der Waals surface area contributed by atoms with Crippen LogP contribution in [0.2, 0.25) is 0 Å². The zero-order valence-electron chi connectivity index (χ0n) is 11.5. The Morgan fingerprint density at radius 2 is 1.95 bits per heavy atom. The van der Waals surface area contributed by atoms with E-state index in [0.717, 1.165) is 29.2 Å². The molecule has 0 radical (unpaired) electrons. The van der Waals surface area contributed by atoms with Crippen LogP contribution in [-0.2, 0) is 12.8 Å². The van der Waals surface area contributed by atoms with E-state index in [9.17, 15) is 0 Å². The molecule has 2 aromatic rings. The summed E-state index contributed by atoms with van der Waals surface area (Å²) >= 11 is 1.69. The zero-order valence-corrected chi connectivity index (χ0v) is 12.3. The van der Waals surface area contributed by atoms with Gasteiger partial charge in [-0.2, -0.15) is 4.98 Å². The van der Waals surface area contributed by atoms with Crippen LogP contribution in [0.15, 0.2) is 4.52 Å². The van der Waals surface area contributed by atoms with Gasteiger partial charge in [0.1, 0.15) is 0 Å². The van der Waals surface area contributed by atoms with E-state index in [1.165, 1.54) is 49.0 Å². The van der Waals surface area contributed by atoms with Crippen LogP contribution in [0.25, 0.3) is 11.5 Å². The lowest BCUT2D eigenvalue weighted by atomic mass is 9.89. The summed E-state index contributed by atoms with van der Waals surface area (Å²) < 4.78 is 5.53. The zero-order chi connectivity index (χ0) is 13.5. The molecule has 2 aromatic heterocycles. The van der Waals surface area contributed by atoms with Gasteiger partial charge in [0.05, 0.1) is 10.6 Å². The Hall–Kier alpha value is -1.36. The topological polar surface area (TPSA) is 64.9 Å². The minimum absolute atomic E-state index is 0.481. The molecule has 5 heteroatoms. The van der Waals surface area contributed by atoms with Gasteiger partial charge in [0.25, 0.3) is 5.89 Å². The average molecular weight is 289 g/mol. The molecule has 4 nitrogen and oxygen atoms in total. The third-order valence-corrected chi connectivity index (χ3v) is 5.70. The van der Waals surface area contributed by atoms with Crippen LogP contribution in [-0.4, -0.2) is 10.1 Å². The maximum absolute atomic E-state index is 6.16. The number of nitrogen functional groups attached to an aromatic ring is 1. The molecule has 0 aromatic carbocycles. The van der Waals surface area contributed by atoms with Crippen molar-refractivity contribution in [1.82, 2.24) is 10.1 Å². The minimum Gasteiger partial charge on any atom is -0.390 e. The van der Waals surface area contributed by atoms with E-state index in [1.807, 2.05) is 0 Å². The number of hydrogen-bond donors (Lipinski definition) is 1. The first-order valence-corrected chi connectivity index (χ1v) is 8.38.